The zero-order valence-electron chi connectivity index (χ0n) is 17.6. The predicted octanol–water partition coefficient (Wildman–Crippen LogP) is 2.77. The van der Waals surface area contributed by atoms with Gasteiger partial charge in [-0.1, -0.05) is 12.1 Å². The Labute approximate surface area is 178 Å². The number of pyridine rings is 2. The van der Waals surface area contributed by atoms with Crippen molar-refractivity contribution < 1.29 is 4.79 Å². The Kier molecular flexibility index (Phi) is 7.92. The van der Waals surface area contributed by atoms with E-state index in [0.717, 1.165) is 29.7 Å². The molecule has 3 aromatic rings. The first-order chi connectivity index (χ1) is 14.6. The van der Waals surface area contributed by atoms with Crippen molar-refractivity contribution in [3.05, 3.63) is 90.0 Å². The maximum atomic E-state index is 13.0. The van der Waals surface area contributed by atoms with Crippen molar-refractivity contribution in [2.24, 2.45) is 0 Å². The van der Waals surface area contributed by atoms with Crippen LogP contribution in [0.15, 0.2) is 73.3 Å². The average molecular weight is 404 g/mol. The summed E-state index contributed by atoms with van der Waals surface area (Å²) in [7, 11) is 4.01. The van der Waals surface area contributed by atoms with Crippen LogP contribution < -0.4 is 15.5 Å². The number of nitrogens with zero attached hydrogens (tertiary/aromatic N) is 3. The molecule has 2 aromatic heterocycles. The lowest BCUT2D eigenvalue weighted by Crippen LogP contribution is -2.39. The van der Waals surface area contributed by atoms with Crippen molar-refractivity contribution >= 4 is 11.6 Å². The van der Waals surface area contributed by atoms with Gasteiger partial charge >= 0.3 is 0 Å². The van der Waals surface area contributed by atoms with E-state index in [4.69, 9.17) is 0 Å². The Hall–Kier alpha value is -3.25. The molecule has 0 aliphatic carbocycles. The van der Waals surface area contributed by atoms with Gasteiger partial charge in [0.15, 0.2) is 0 Å². The molecule has 6 heteroatoms. The fraction of sp³-hybridized carbons (Fsp3) is 0.292. The molecule has 1 aromatic carbocycles. The molecule has 0 saturated carbocycles. The number of anilines is 1. The summed E-state index contributed by atoms with van der Waals surface area (Å²) in [6.07, 6.45) is 8.73. The largest absolute Gasteiger partial charge is 0.378 e. The van der Waals surface area contributed by atoms with Crippen LogP contribution in [0.4, 0.5) is 5.69 Å². The second-order valence-corrected chi connectivity index (χ2v) is 7.38. The number of amides is 1. The standard InChI is InChI=1S/C24H29N5O/c1-29(2)22-5-3-21(4-6-22)23(27-17-11-19-7-13-25-14-8-19)24(30)28-18-12-20-9-15-26-16-10-20/h3-10,13-16,23,27H,11-12,17-18H2,1-2H3,(H,28,30). The molecule has 3 rings (SSSR count). The van der Waals surface area contributed by atoms with Crippen molar-refractivity contribution in [2.45, 2.75) is 18.9 Å². The third-order valence-corrected chi connectivity index (χ3v) is 4.98. The fourth-order valence-electron chi connectivity index (χ4n) is 3.22. The maximum absolute atomic E-state index is 13.0. The number of carbonyl (C=O) groups is 1. The van der Waals surface area contributed by atoms with E-state index >= 15 is 0 Å². The van der Waals surface area contributed by atoms with Gasteiger partial charge in [-0.05, 0) is 65.9 Å². The third-order valence-electron chi connectivity index (χ3n) is 4.98. The molecule has 1 unspecified atom stereocenters. The first-order valence-corrected chi connectivity index (χ1v) is 10.2. The second-order valence-electron chi connectivity index (χ2n) is 7.38. The van der Waals surface area contributed by atoms with Crippen LogP contribution in [0.25, 0.3) is 0 Å². The number of hydrogen-bond acceptors (Lipinski definition) is 5. The summed E-state index contributed by atoms with van der Waals surface area (Å²) in [6.45, 7) is 1.28. The first kappa shape index (κ1) is 21.5. The molecule has 0 saturated heterocycles. The summed E-state index contributed by atoms with van der Waals surface area (Å²) in [5.74, 6) is -0.0172. The molecular weight excluding hydrogens is 374 g/mol. The Morgan fingerprint density at radius 1 is 0.833 bits per heavy atom. The van der Waals surface area contributed by atoms with E-state index in [9.17, 15) is 4.79 Å². The van der Waals surface area contributed by atoms with Gasteiger partial charge in [0.25, 0.3) is 0 Å². The predicted molar refractivity (Wildman–Crippen MR) is 120 cm³/mol. The SMILES string of the molecule is CN(C)c1ccc(C(NCCc2ccncc2)C(=O)NCCc2ccncc2)cc1. The van der Waals surface area contributed by atoms with Gasteiger partial charge < -0.3 is 15.5 Å². The zero-order chi connectivity index (χ0) is 21.2. The number of aromatic nitrogens is 2. The highest BCUT2D eigenvalue weighted by Crippen LogP contribution is 2.18. The van der Waals surface area contributed by atoms with Crippen molar-refractivity contribution in [1.82, 2.24) is 20.6 Å². The van der Waals surface area contributed by atoms with Gasteiger partial charge in [0.05, 0.1) is 0 Å². The molecule has 2 heterocycles. The van der Waals surface area contributed by atoms with Crippen LogP contribution in [0.1, 0.15) is 22.7 Å². The Bertz CT molecular complexity index is 898. The fourth-order valence-corrected chi connectivity index (χ4v) is 3.22. The lowest BCUT2D eigenvalue weighted by atomic mass is 10.0. The van der Waals surface area contributed by atoms with Crippen LogP contribution >= 0.6 is 0 Å². The van der Waals surface area contributed by atoms with Crippen LogP contribution in [0.2, 0.25) is 0 Å². The number of benzene rings is 1. The van der Waals surface area contributed by atoms with Crippen molar-refractivity contribution in [3.8, 4) is 0 Å². The van der Waals surface area contributed by atoms with Gasteiger partial charge in [-0.25, -0.2) is 0 Å². The summed E-state index contributed by atoms with van der Waals surface area (Å²) in [5.41, 5.74) is 4.41. The van der Waals surface area contributed by atoms with Gasteiger partial charge in [0, 0.05) is 57.7 Å². The van der Waals surface area contributed by atoms with Crippen LogP contribution in [0, 0.1) is 0 Å². The smallest absolute Gasteiger partial charge is 0.241 e. The molecule has 2 N–H and O–H groups in total. The van der Waals surface area contributed by atoms with E-state index in [1.807, 2.05) is 67.5 Å². The zero-order valence-corrected chi connectivity index (χ0v) is 17.6. The third kappa shape index (κ3) is 6.39. The molecule has 0 aliphatic heterocycles. The van der Waals surface area contributed by atoms with Crippen LogP contribution in [0.3, 0.4) is 0 Å². The minimum Gasteiger partial charge on any atom is -0.378 e. The van der Waals surface area contributed by atoms with E-state index in [0.29, 0.717) is 13.1 Å². The second kappa shape index (κ2) is 11.1. The average Bonchev–Trinajstić information content (AvgIpc) is 2.78. The number of hydrogen-bond donors (Lipinski definition) is 2. The quantitative estimate of drug-likeness (QED) is 0.545. The Morgan fingerprint density at radius 2 is 1.37 bits per heavy atom. The molecule has 0 radical (unpaired) electrons. The van der Waals surface area contributed by atoms with Crippen LogP contribution in [-0.2, 0) is 17.6 Å². The van der Waals surface area contributed by atoms with E-state index in [1.165, 1.54) is 5.56 Å². The minimum absolute atomic E-state index is 0.0172. The van der Waals surface area contributed by atoms with Crippen LogP contribution in [0.5, 0.6) is 0 Å². The monoisotopic (exact) mass is 403 g/mol. The minimum atomic E-state index is -0.402. The van der Waals surface area contributed by atoms with E-state index in [-0.39, 0.29) is 5.91 Å². The molecule has 156 valence electrons. The highest BCUT2D eigenvalue weighted by Gasteiger charge is 2.19. The van der Waals surface area contributed by atoms with Gasteiger partial charge in [-0.3, -0.25) is 14.8 Å². The summed E-state index contributed by atoms with van der Waals surface area (Å²) < 4.78 is 0. The van der Waals surface area contributed by atoms with E-state index < -0.39 is 6.04 Å². The molecule has 6 nitrogen and oxygen atoms in total. The normalized spacial score (nSPS) is 11.7. The molecule has 0 fully saturated rings. The first-order valence-electron chi connectivity index (χ1n) is 10.2. The molecule has 0 aliphatic rings. The molecular formula is C24H29N5O. The van der Waals surface area contributed by atoms with Gasteiger partial charge in [-0.15, -0.1) is 0 Å². The lowest BCUT2D eigenvalue weighted by molar-refractivity contribution is -0.123. The summed E-state index contributed by atoms with van der Waals surface area (Å²) in [4.78, 5) is 23.1. The van der Waals surface area contributed by atoms with Crippen molar-refractivity contribution in [1.29, 1.82) is 0 Å². The van der Waals surface area contributed by atoms with Crippen molar-refractivity contribution in [2.75, 3.05) is 32.1 Å². The van der Waals surface area contributed by atoms with Gasteiger partial charge in [0.1, 0.15) is 6.04 Å². The highest BCUT2D eigenvalue weighted by molar-refractivity contribution is 5.83. The highest BCUT2D eigenvalue weighted by atomic mass is 16.2. The van der Waals surface area contributed by atoms with Crippen molar-refractivity contribution in [3.63, 3.8) is 0 Å². The molecule has 1 amide bonds. The Balaban J connectivity index is 1.63. The molecule has 0 spiro atoms. The maximum Gasteiger partial charge on any atom is 0.241 e. The lowest BCUT2D eigenvalue weighted by Gasteiger charge is -2.20. The topological polar surface area (TPSA) is 70.2 Å². The summed E-state index contributed by atoms with van der Waals surface area (Å²) in [6, 6.07) is 15.6. The number of rotatable bonds is 10. The van der Waals surface area contributed by atoms with Gasteiger partial charge in [0.2, 0.25) is 5.91 Å². The summed E-state index contributed by atoms with van der Waals surface area (Å²) >= 11 is 0. The van der Waals surface area contributed by atoms with Gasteiger partial charge in [-0.2, -0.15) is 0 Å². The van der Waals surface area contributed by atoms with E-state index in [1.54, 1.807) is 24.8 Å². The molecule has 0 bridgehead atoms. The Morgan fingerprint density at radius 3 is 1.90 bits per heavy atom. The van der Waals surface area contributed by atoms with Crippen LogP contribution in [-0.4, -0.2) is 43.1 Å². The van der Waals surface area contributed by atoms with E-state index in [2.05, 4.69) is 20.6 Å². The molecule has 1 atom stereocenters. The number of carbonyl (C=O) groups excluding carboxylic acids is 1. The molecule has 30 heavy (non-hydrogen) atoms. The summed E-state index contributed by atoms with van der Waals surface area (Å²) in [5, 5.41) is 6.50. The number of nitrogens with one attached hydrogen (secondary N) is 2.